The summed E-state index contributed by atoms with van der Waals surface area (Å²) < 4.78 is 0. The van der Waals surface area contributed by atoms with E-state index >= 15 is 0 Å². The third kappa shape index (κ3) is 3.50. The quantitative estimate of drug-likeness (QED) is 0.366. The molecule has 0 amide bonds. The van der Waals surface area contributed by atoms with Crippen molar-refractivity contribution < 1.29 is 0 Å². The molecule has 4 rings (SSSR count). The molecule has 0 saturated carbocycles. The molecule has 0 saturated heterocycles. The molecule has 3 nitrogen and oxygen atoms in total. The van der Waals surface area contributed by atoms with Gasteiger partial charge in [0.1, 0.15) is 5.52 Å². The smallest absolute Gasteiger partial charge is 0.150 e. The lowest BCUT2D eigenvalue weighted by Gasteiger charge is -2.14. The monoisotopic (exact) mass is 373 g/mol. The first-order valence-electron chi connectivity index (χ1n) is 9.13. The summed E-state index contributed by atoms with van der Waals surface area (Å²) in [7, 11) is 0. The first-order valence-corrected chi connectivity index (χ1v) is 10.4. The van der Waals surface area contributed by atoms with Crippen LogP contribution in [-0.2, 0) is 6.42 Å². The van der Waals surface area contributed by atoms with Gasteiger partial charge in [-0.1, -0.05) is 31.2 Å². The molecule has 4 aromatic rings. The lowest BCUT2D eigenvalue weighted by atomic mass is 9.93. The maximum atomic E-state index is 6.17. The highest BCUT2D eigenvalue weighted by Crippen LogP contribution is 2.30. The lowest BCUT2D eigenvalue weighted by Crippen LogP contribution is -2.01. The summed E-state index contributed by atoms with van der Waals surface area (Å²) >= 11 is 1.77. The van der Waals surface area contributed by atoms with Crippen molar-refractivity contribution in [2.45, 2.75) is 31.1 Å². The fourth-order valence-electron chi connectivity index (χ4n) is 3.54. The van der Waals surface area contributed by atoms with E-state index in [4.69, 9.17) is 5.73 Å². The van der Waals surface area contributed by atoms with E-state index in [-0.39, 0.29) is 0 Å². The lowest BCUT2D eigenvalue weighted by molar-refractivity contribution is 0.756. The number of pyridine rings is 2. The standard InChI is InChI=1S/C23H23N3S/c1-14-4-9-19-20-12-17(13-25-22(20)23(24)26-21(19)10-14)15(2)11-16-5-7-18(27-3)8-6-16/h4-10,12-13,15H,11H2,1-3H3,(H2,24,26). The molecule has 136 valence electrons. The van der Waals surface area contributed by atoms with Crippen LogP contribution in [0, 0.1) is 6.92 Å². The fourth-order valence-corrected chi connectivity index (χ4v) is 3.95. The second-order valence-corrected chi connectivity index (χ2v) is 8.02. The summed E-state index contributed by atoms with van der Waals surface area (Å²) in [6.45, 7) is 4.32. The number of aromatic nitrogens is 2. The minimum Gasteiger partial charge on any atom is -0.382 e. The molecule has 1 atom stereocenters. The number of nitrogens with two attached hydrogens (primary N) is 1. The van der Waals surface area contributed by atoms with Crippen LogP contribution in [-0.4, -0.2) is 16.2 Å². The van der Waals surface area contributed by atoms with Crippen molar-refractivity contribution in [1.82, 2.24) is 9.97 Å². The van der Waals surface area contributed by atoms with Gasteiger partial charge in [-0.2, -0.15) is 0 Å². The van der Waals surface area contributed by atoms with Crippen molar-refractivity contribution in [3.8, 4) is 0 Å². The first kappa shape index (κ1) is 17.8. The zero-order chi connectivity index (χ0) is 19.0. The Labute approximate surface area is 164 Å². The van der Waals surface area contributed by atoms with Gasteiger partial charge >= 0.3 is 0 Å². The van der Waals surface area contributed by atoms with Crippen molar-refractivity contribution in [3.05, 3.63) is 71.4 Å². The van der Waals surface area contributed by atoms with Crippen LogP contribution in [0.1, 0.15) is 29.5 Å². The van der Waals surface area contributed by atoms with Crippen LogP contribution in [0.3, 0.4) is 0 Å². The molecular formula is C23H23N3S. The summed E-state index contributed by atoms with van der Waals surface area (Å²) in [6, 6.07) is 17.4. The van der Waals surface area contributed by atoms with E-state index in [1.165, 1.54) is 21.6 Å². The minimum absolute atomic E-state index is 0.372. The number of benzene rings is 2. The number of aryl methyl sites for hydroxylation is 1. The second kappa shape index (κ2) is 7.20. The van der Waals surface area contributed by atoms with Crippen LogP contribution >= 0.6 is 11.8 Å². The van der Waals surface area contributed by atoms with Crippen LogP contribution in [0.15, 0.2) is 59.6 Å². The van der Waals surface area contributed by atoms with Crippen LogP contribution in [0.2, 0.25) is 0 Å². The zero-order valence-corrected chi connectivity index (χ0v) is 16.7. The Bertz CT molecular complexity index is 1120. The third-order valence-corrected chi connectivity index (χ3v) is 5.85. The van der Waals surface area contributed by atoms with Gasteiger partial charge in [-0.3, -0.25) is 4.98 Å². The van der Waals surface area contributed by atoms with Gasteiger partial charge in [0, 0.05) is 21.9 Å². The topological polar surface area (TPSA) is 51.8 Å². The van der Waals surface area contributed by atoms with E-state index in [2.05, 4.69) is 78.6 Å². The van der Waals surface area contributed by atoms with Crippen molar-refractivity contribution in [3.63, 3.8) is 0 Å². The van der Waals surface area contributed by atoms with E-state index < -0.39 is 0 Å². The molecule has 2 N–H and O–H groups in total. The summed E-state index contributed by atoms with van der Waals surface area (Å²) in [4.78, 5) is 10.5. The average molecular weight is 374 g/mol. The molecule has 0 spiro atoms. The normalized spacial score (nSPS) is 12.6. The van der Waals surface area contributed by atoms with Crippen molar-refractivity contribution in [2.24, 2.45) is 0 Å². The number of fused-ring (bicyclic) bond motifs is 3. The summed E-state index contributed by atoms with van der Waals surface area (Å²) in [5, 5.41) is 2.19. The van der Waals surface area contributed by atoms with E-state index in [0.29, 0.717) is 11.7 Å². The Morgan fingerprint density at radius 2 is 1.81 bits per heavy atom. The highest BCUT2D eigenvalue weighted by Gasteiger charge is 2.12. The second-order valence-electron chi connectivity index (χ2n) is 7.14. The maximum absolute atomic E-state index is 6.17. The average Bonchev–Trinajstić information content (AvgIpc) is 2.68. The Morgan fingerprint density at radius 1 is 1.04 bits per heavy atom. The number of anilines is 1. The molecule has 0 radical (unpaired) electrons. The van der Waals surface area contributed by atoms with Gasteiger partial charge in [0.2, 0.25) is 0 Å². The Balaban J connectivity index is 1.74. The van der Waals surface area contributed by atoms with Crippen molar-refractivity contribution in [2.75, 3.05) is 12.0 Å². The van der Waals surface area contributed by atoms with E-state index in [1.807, 2.05) is 6.20 Å². The molecule has 2 heterocycles. The van der Waals surface area contributed by atoms with Gasteiger partial charge in [-0.25, -0.2) is 4.98 Å². The summed E-state index contributed by atoms with van der Waals surface area (Å²) in [6.07, 6.45) is 5.03. The molecule has 0 aliphatic heterocycles. The molecule has 0 aliphatic carbocycles. The number of hydrogen-bond acceptors (Lipinski definition) is 4. The van der Waals surface area contributed by atoms with Crippen LogP contribution in [0.25, 0.3) is 21.8 Å². The molecule has 27 heavy (non-hydrogen) atoms. The molecule has 2 aromatic heterocycles. The molecule has 4 heteroatoms. The summed E-state index contributed by atoms with van der Waals surface area (Å²) in [5.41, 5.74) is 11.6. The number of thioether (sulfide) groups is 1. The number of nitrogens with zero attached hydrogens (tertiary/aromatic N) is 2. The molecular weight excluding hydrogens is 350 g/mol. The largest absolute Gasteiger partial charge is 0.382 e. The Morgan fingerprint density at radius 3 is 2.56 bits per heavy atom. The summed E-state index contributed by atoms with van der Waals surface area (Å²) in [5.74, 6) is 0.867. The van der Waals surface area contributed by atoms with Crippen LogP contribution in [0.4, 0.5) is 5.82 Å². The van der Waals surface area contributed by atoms with E-state index in [1.54, 1.807) is 11.8 Å². The zero-order valence-electron chi connectivity index (χ0n) is 15.9. The van der Waals surface area contributed by atoms with Gasteiger partial charge < -0.3 is 5.73 Å². The SMILES string of the molecule is CSc1ccc(CC(C)c2cnc3c(N)nc4cc(C)ccc4c3c2)cc1. The molecule has 1 unspecified atom stereocenters. The molecule has 0 aliphatic rings. The van der Waals surface area contributed by atoms with Gasteiger partial charge in [-0.05, 0) is 66.5 Å². The first-order chi connectivity index (χ1) is 13.0. The van der Waals surface area contributed by atoms with Crippen molar-refractivity contribution in [1.29, 1.82) is 0 Å². The predicted octanol–water partition coefficient (Wildman–Crippen LogP) is 5.74. The van der Waals surface area contributed by atoms with Crippen LogP contribution in [0.5, 0.6) is 0 Å². The molecule has 2 aromatic carbocycles. The fraction of sp³-hybridized carbons (Fsp3) is 0.217. The highest BCUT2D eigenvalue weighted by molar-refractivity contribution is 7.98. The molecule has 0 bridgehead atoms. The van der Waals surface area contributed by atoms with Gasteiger partial charge in [0.05, 0.1) is 5.52 Å². The van der Waals surface area contributed by atoms with Gasteiger partial charge in [-0.15, -0.1) is 11.8 Å². The number of nitrogen functional groups attached to an aromatic ring is 1. The molecule has 0 fully saturated rings. The van der Waals surface area contributed by atoms with E-state index in [9.17, 15) is 0 Å². The van der Waals surface area contributed by atoms with Gasteiger partial charge in [0.25, 0.3) is 0 Å². The van der Waals surface area contributed by atoms with E-state index in [0.717, 1.165) is 28.2 Å². The maximum Gasteiger partial charge on any atom is 0.150 e. The Hall–Kier alpha value is -2.59. The number of hydrogen-bond donors (Lipinski definition) is 1. The number of rotatable bonds is 4. The highest BCUT2D eigenvalue weighted by atomic mass is 32.2. The minimum atomic E-state index is 0.372. The van der Waals surface area contributed by atoms with Crippen molar-refractivity contribution >= 4 is 39.4 Å². The Kier molecular flexibility index (Phi) is 4.75. The predicted molar refractivity (Wildman–Crippen MR) is 117 cm³/mol. The van der Waals surface area contributed by atoms with Gasteiger partial charge in [0.15, 0.2) is 5.82 Å². The van der Waals surface area contributed by atoms with Crippen LogP contribution < -0.4 is 5.73 Å². The third-order valence-electron chi connectivity index (χ3n) is 5.11.